The van der Waals surface area contributed by atoms with Gasteiger partial charge in [0.1, 0.15) is 0 Å². The zero-order valence-electron chi connectivity index (χ0n) is 10.7. The summed E-state index contributed by atoms with van der Waals surface area (Å²) in [6.45, 7) is 2.12. The van der Waals surface area contributed by atoms with Crippen molar-refractivity contribution < 1.29 is 8.42 Å². The highest BCUT2D eigenvalue weighted by atomic mass is 32.2. The molecule has 0 amide bonds. The van der Waals surface area contributed by atoms with Crippen molar-refractivity contribution in [3.63, 3.8) is 0 Å². The molecule has 102 valence electrons. The van der Waals surface area contributed by atoms with Gasteiger partial charge in [-0.05, 0) is 24.6 Å². The van der Waals surface area contributed by atoms with Crippen molar-refractivity contribution in [1.82, 2.24) is 10.0 Å². The molecule has 5 heteroatoms. The molecule has 1 aliphatic rings. The number of rotatable bonds is 5. The SMILES string of the molecule is O=S(=O)(/C=C/c1ccccc1)NCC1=CCNCC1. The topological polar surface area (TPSA) is 58.2 Å². The summed E-state index contributed by atoms with van der Waals surface area (Å²) in [5.41, 5.74) is 2.00. The van der Waals surface area contributed by atoms with Crippen molar-refractivity contribution >= 4 is 16.1 Å². The number of sulfonamides is 1. The first-order valence-corrected chi connectivity index (χ1v) is 7.82. The molecule has 2 rings (SSSR count). The lowest BCUT2D eigenvalue weighted by Gasteiger charge is -2.13. The van der Waals surface area contributed by atoms with Crippen LogP contribution in [0.3, 0.4) is 0 Å². The molecule has 0 fully saturated rings. The molecule has 0 bridgehead atoms. The third-order valence-electron chi connectivity index (χ3n) is 2.90. The van der Waals surface area contributed by atoms with E-state index in [1.165, 1.54) is 5.41 Å². The zero-order chi connectivity index (χ0) is 13.6. The highest BCUT2D eigenvalue weighted by molar-refractivity contribution is 7.92. The summed E-state index contributed by atoms with van der Waals surface area (Å²) >= 11 is 0. The molecule has 1 heterocycles. The van der Waals surface area contributed by atoms with Crippen molar-refractivity contribution in [2.24, 2.45) is 0 Å². The van der Waals surface area contributed by atoms with Gasteiger partial charge in [0.05, 0.1) is 0 Å². The van der Waals surface area contributed by atoms with Gasteiger partial charge < -0.3 is 5.32 Å². The minimum absolute atomic E-state index is 0.392. The Labute approximate surface area is 114 Å². The summed E-state index contributed by atoms with van der Waals surface area (Å²) in [7, 11) is -3.37. The van der Waals surface area contributed by atoms with Gasteiger partial charge in [0.2, 0.25) is 10.0 Å². The van der Waals surface area contributed by atoms with E-state index in [4.69, 9.17) is 0 Å². The van der Waals surface area contributed by atoms with E-state index < -0.39 is 10.0 Å². The molecule has 1 aliphatic heterocycles. The highest BCUT2D eigenvalue weighted by Crippen LogP contribution is 2.05. The Morgan fingerprint density at radius 1 is 1.26 bits per heavy atom. The van der Waals surface area contributed by atoms with Crippen LogP contribution in [0.25, 0.3) is 6.08 Å². The van der Waals surface area contributed by atoms with Gasteiger partial charge in [-0.2, -0.15) is 0 Å². The summed E-state index contributed by atoms with van der Waals surface area (Å²) in [6.07, 6.45) is 4.52. The quantitative estimate of drug-likeness (QED) is 0.802. The Balaban J connectivity index is 1.91. The maximum absolute atomic E-state index is 11.8. The lowest BCUT2D eigenvalue weighted by Crippen LogP contribution is -2.28. The van der Waals surface area contributed by atoms with E-state index in [1.807, 2.05) is 36.4 Å². The normalized spacial score (nSPS) is 16.5. The second-order valence-electron chi connectivity index (χ2n) is 4.40. The predicted molar refractivity (Wildman–Crippen MR) is 78.0 cm³/mol. The fourth-order valence-corrected chi connectivity index (χ4v) is 2.62. The fraction of sp³-hybridized carbons (Fsp3) is 0.286. The van der Waals surface area contributed by atoms with Gasteiger partial charge in [-0.3, -0.25) is 0 Å². The number of hydrogen-bond donors (Lipinski definition) is 2. The van der Waals surface area contributed by atoms with Crippen LogP contribution >= 0.6 is 0 Å². The van der Waals surface area contributed by atoms with Crippen LogP contribution < -0.4 is 10.0 Å². The molecule has 1 aromatic rings. The third kappa shape index (κ3) is 4.98. The van der Waals surface area contributed by atoms with Gasteiger partial charge in [0.15, 0.2) is 0 Å². The smallest absolute Gasteiger partial charge is 0.234 e. The minimum Gasteiger partial charge on any atom is -0.313 e. The second kappa shape index (κ2) is 6.65. The van der Waals surface area contributed by atoms with Crippen LogP contribution in [0.2, 0.25) is 0 Å². The van der Waals surface area contributed by atoms with E-state index in [0.29, 0.717) is 6.54 Å². The standard InChI is InChI=1S/C14H18N2O2S/c17-19(18,11-8-13-4-2-1-3-5-13)16-12-14-6-9-15-10-7-14/h1-6,8,11,15-16H,7,9-10,12H2/b11-8+. The van der Waals surface area contributed by atoms with Crippen LogP contribution in [0.15, 0.2) is 47.4 Å². The fourth-order valence-electron chi connectivity index (χ4n) is 1.80. The van der Waals surface area contributed by atoms with Crippen molar-refractivity contribution in [2.75, 3.05) is 19.6 Å². The van der Waals surface area contributed by atoms with Crippen LogP contribution in [0.1, 0.15) is 12.0 Å². The maximum Gasteiger partial charge on any atom is 0.234 e. The van der Waals surface area contributed by atoms with Crippen LogP contribution in [-0.4, -0.2) is 28.1 Å². The summed E-state index contributed by atoms with van der Waals surface area (Å²) < 4.78 is 26.2. The Morgan fingerprint density at radius 3 is 2.74 bits per heavy atom. The molecular formula is C14H18N2O2S. The molecule has 0 saturated carbocycles. The van der Waals surface area contributed by atoms with Gasteiger partial charge in [-0.25, -0.2) is 13.1 Å². The summed E-state index contributed by atoms with van der Waals surface area (Å²) in [5.74, 6) is 0. The van der Waals surface area contributed by atoms with Crippen LogP contribution in [0.5, 0.6) is 0 Å². The Kier molecular flexibility index (Phi) is 4.90. The van der Waals surface area contributed by atoms with E-state index in [2.05, 4.69) is 10.0 Å². The van der Waals surface area contributed by atoms with Crippen LogP contribution in [0.4, 0.5) is 0 Å². The molecular weight excluding hydrogens is 260 g/mol. The Bertz CT molecular complexity index is 562. The van der Waals surface area contributed by atoms with E-state index in [1.54, 1.807) is 6.08 Å². The first-order chi connectivity index (χ1) is 9.16. The molecule has 0 aromatic heterocycles. The van der Waals surface area contributed by atoms with Gasteiger partial charge in [0.25, 0.3) is 0 Å². The molecule has 19 heavy (non-hydrogen) atoms. The molecule has 0 saturated heterocycles. The summed E-state index contributed by atoms with van der Waals surface area (Å²) in [4.78, 5) is 0. The number of nitrogens with one attached hydrogen (secondary N) is 2. The number of hydrogen-bond acceptors (Lipinski definition) is 3. The monoisotopic (exact) mass is 278 g/mol. The van der Waals surface area contributed by atoms with Gasteiger partial charge >= 0.3 is 0 Å². The molecule has 2 N–H and O–H groups in total. The number of benzene rings is 1. The molecule has 0 radical (unpaired) electrons. The molecule has 4 nitrogen and oxygen atoms in total. The maximum atomic E-state index is 11.8. The van der Waals surface area contributed by atoms with Gasteiger partial charge in [0, 0.05) is 18.5 Å². The molecule has 0 atom stereocenters. The van der Waals surface area contributed by atoms with Crippen LogP contribution in [-0.2, 0) is 10.0 Å². The summed E-state index contributed by atoms with van der Waals surface area (Å²) in [6, 6.07) is 9.37. The lowest BCUT2D eigenvalue weighted by molar-refractivity contribution is 0.591. The first kappa shape index (κ1) is 14.0. The van der Waals surface area contributed by atoms with E-state index in [-0.39, 0.29) is 0 Å². The largest absolute Gasteiger partial charge is 0.313 e. The van der Waals surface area contributed by atoms with Crippen molar-refractivity contribution in [1.29, 1.82) is 0 Å². The van der Waals surface area contributed by atoms with Crippen LogP contribution in [0, 0.1) is 0 Å². The first-order valence-electron chi connectivity index (χ1n) is 6.27. The second-order valence-corrected chi connectivity index (χ2v) is 6.05. The van der Waals surface area contributed by atoms with Gasteiger partial charge in [-0.15, -0.1) is 0 Å². The van der Waals surface area contributed by atoms with Crippen molar-refractivity contribution in [2.45, 2.75) is 6.42 Å². The Hall–Kier alpha value is -1.43. The average molecular weight is 278 g/mol. The Morgan fingerprint density at radius 2 is 2.05 bits per heavy atom. The lowest BCUT2D eigenvalue weighted by atomic mass is 10.1. The molecule has 0 unspecified atom stereocenters. The van der Waals surface area contributed by atoms with E-state index in [9.17, 15) is 8.42 Å². The third-order valence-corrected chi connectivity index (χ3v) is 3.94. The summed E-state index contributed by atoms with van der Waals surface area (Å²) in [5, 5.41) is 4.40. The van der Waals surface area contributed by atoms with Crippen molar-refractivity contribution in [3.05, 3.63) is 53.0 Å². The predicted octanol–water partition coefficient (Wildman–Crippen LogP) is 1.50. The zero-order valence-corrected chi connectivity index (χ0v) is 11.5. The highest BCUT2D eigenvalue weighted by Gasteiger charge is 2.08. The average Bonchev–Trinajstić information content (AvgIpc) is 2.46. The molecule has 1 aromatic carbocycles. The van der Waals surface area contributed by atoms with Crippen molar-refractivity contribution in [3.8, 4) is 0 Å². The minimum atomic E-state index is -3.37. The van der Waals surface area contributed by atoms with Gasteiger partial charge in [-0.1, -0.05) is 42.0 Å². The van der Waals surface area contributed by atoms with E-state index in [0.717, 1.165) is 30.6 Å². The molecule has 0 aliphatic carbocycles. The van der Waals surface area contributed by atoms with E-state index >= 15 is 0 Å². The molecule has 0 spiro atoms.